The standard InChI is InChI=1S/C14H11N5O2S2/c1-22-14(17-9-15)18-10-6-11(19(20)21)8-12(7-10)23-13-4-2-3-5-16-13/h2-8H,1H3,(H,17,18). The summed E-state index contributed by atoms with van der Waals surface area (Å²) in [5, 5.41) is 23.3. The molecule has 2 aromatic rings. The molecule has 0 aliphatic carbocycles. The van der Waals surface area contributed by atoms with Crippen LogP contribution in [0.4, 0.5) is 11.4 Å². The van der Waals surface area contributed by atoms with Gasteiger partial charge in [0, 0.05) is 23.2 Å². The largest absolute Gasteiger partial charge is 0.272 e. The van der Waals surface area contributed by atoms with Crippen molar-refractivity contribution in [3.8, 4) is 6.19 Å². The number of hydrogen-bond acceptors (Lipinski definition) is 7. The number of non-ortho nitro benzene ring substituents is 1. The number of nitrogens with zero attached hydrogens (tertiary/aromatic N) is 4. The average molecular weight is 345 g/mol. The molecule has 7 nitrogen and oxygen atoms in total. The Morgan fingerprint density at radius 2 is 2.26 bits per heavy atom. The van der Waals surface area contributed by atoms with Gasteiger partial charge in [-0.3, -0.25) is 15.4 Å². The molecular formula is C14H11N5O2S2. The minimum absolute atomic E-state index is 0.0675. The molecule has 23 heavy (non-hydrogen) atoms. The molecule has 0 saturated carbocycles. The molecule has 0 bridgehead atoms. The number of benzene rings is 1. The fourth-order valence-corrected chi connectivity index (χ4v) is 2.82. The summed E-state index contributed by atoms with van der Waals surface area (Å²) in [7, 11) is 0. The van der Waals surface area contributed by atoms with Gasteiger partial charge in [0.15, 0.2) is 11.4 Å². The lowest BCUT2D eigenvalue weighted by molar-refractivity contribution is -0.385. The highest BCUT2D eigenvalue weighted by atomic mass is 32.2. The Balaban J connectivity index is 2.39. The number of nitro benzene ring substituents is 1. The molecule has 9 heteroatoms. The van der Waals surface area contributed by atoms with E-state index in [9.17, 15) is 10.1 Å². The summed E-state index contributed by atoms with van der Waals surface area (Å²) in [5.74, 6) is 0. The summed E-state index contributed by atoms with van der Waals surface area (Å²) < 4.78 is 0. The summed E-state index contributed by atoms with van der Waals surface area (Å²) >= 11 is 2.55. The fourth-order valence-electron chi connectivity index (χ4n) is 1.61. The van der Waals surface area contributed by atoms with Gasteiger partial charge in [0.1, 0.15) is 5.03 Å². The number of nitro groups is 1. The van der Waals surface area contributed by atoms with Crippen LogP contribution >= 0.6 is 23.5 Å². The Morgan fingerprint density at radius 3 is 2.87 bits per heavy atom. The fraction of sp³-hybridized carbons (Fsp3) is 0.0714. The van der Waals surface area contributed by atoms with Crippen LogP contribution in [-0.4, -0.2) is 21.3 Å². The van der Waals surface area contributed by atoms with Crippen molar-refractivity contribution in [1.29, 1.82) is 5.26 Å². The summed E-state index contributed by atoms with van der Waals surface area (Å²) in [6.07, 6.45) is 5.19. The first kappa shape index (κ1) is 16.8. The maximum Gasteiger partial charge on any atom is 0.272 e. The Labute approximate surface area is 141 Å². The van der Waals surface area contributed by atoms with Gasteiger partial charge < -0.3 is 0 Å². The Morgan fingerprint density at radius 1 is 1.43 bits per heavy atom. The Bertz CT molecular complexity index is 774. The van der Waals surface area contributed by atoms with E-state index in [1.54, 1.807) is 30.8 Å². The number of nitriles is 1. The second kappa shape index (κ2) is 8.17. The first-order chi connectivity index (χ1) is 11.1. The topological polar surface area (TPSA) is 104 Å². The van der Waals surface area contributed by atoms with Crippen LogP contribution in [0.1, 0.15) is 0 Å². The van der Waals surface area contributed by atoms with E-state index in [0.29, 0.717) is 15.8 Å². The lowest BCUT2D eigenvalue weighted by atomic mass is 10.3. The summed E-state index contributed by atoms with van der Waals surface area (Å²) in [6, 6.07) is 9.99. The maximum absolute atomic E-state index is 11.1. The monoisotopic (exact) mass is 345 g/mol. The summed E-state index contributed by atoms with van der Waals surface area (Å²) in [6.45, 7) is 0. The van der Waals surface area contributed by atoms with Gasteiger partial charge in [-0.1, -0.05) is 29.6 Å². The van der Waals surface area contributed by atoms with Gasteiger partial charge in [-0.15, -0.1) is 0 Å². The van der Waals surface area contributed by atoms with Crippen molar-refractivity contribution in [1.82, 2.24) is 10.3 Å². The van der Waals surface area contributed by atoms with E-state index >= 15 is 0 Å². The summed E-state index contributed by atoms with van der Waals surface area (Å²) in [5.41, 5.74) is 0.326. The van der Waals surface area contributed by atoms with E-state index in [2.05, 4.69) is 15.3 Å². The van der Waals surface area contributed by atoms with Crippen LogP contribution in [0.15, 0.2) is 57.5 Å². The molecule has 2 rings (SSSR count). The second-order valence-electron chi connectivity index (χ2n) is 4.07. The highest BCUT2D eigenvalue weighted by Crippen LogP contribution is 2.33. The zero-order chi connectivity index (χ0) is 16.7. The van der Waals surface area contributed by atoms with Crippen LogP contribution in [0.25, 0.3) is 0 Å². The Hall–Kier alpha value is -2.57. The molecular weight excluding hydrogens is 334 g/mol. The van der Waals surface area contributed by atoms with E-state index in [1.165, 1.54) is 35.7 Å². The van der Waals surface area contributed by atoms with E-state index in [0.717, 1.165) is 5.03 Å². The minimum atomic E-state index is -0.474. The third-order valence-electron chi connectivity index (χ3n) is 2.53. The molecule has 1 aromatic carbocycles. The normalized spacial score (nSPS) is 10.9. The van der Waals surface area contributed by atoms with Crippen molar-refractivity contribution in [3.05, 3.63) is 52.7 Å². The number of aromatic nitrogens is 1. The van der Waals surface area contributed by atoms with Crippen molar-refractivity contribution in [3.63, 3.8) is 0 Å². The predicted molar refractivity (Wildman–Crippen MR) is 90.8 cm³/mol. The van der Waals surface area contributed by atoms with Gasteiger partial charge >= 0.3 is 0 Å². The number of hydrogen-bond donors (Lipinski definition) is 1. The number of amidine groups is 1. The second-order valence-corrected chi connectivity index (χ2v) is 5.96. The Kier molecular flexibility index (Phi) is 5.96. The van der Waals surface area contributed by atoms with Crippen LogP contribution in [0.5, 0.6) is 0 Å². The van der Waals surface area contributed by atoms with Gasteiger partial charge in [0.05, 0.1) is 10.6 Å². The lowest BCUT2D eigenvalue weighted by Crippen LogP contribution is -2.12. The van der Waals surface area contributed by atoms with E-state index in [4.69, 9.17) is 5.26 Å². The van der Waals surface area contributed by atoms with Gasteiger partial charge in [-0.05, 0) is 24.5 Å². The number of pyridine rings is 1. The maximum atomic E-state index is 11.1. The van der Waals surface area contributed by atoms with E-state index in [1.807, 2.05) is 12.1 Å². The van der Waals surface area contributed by atoms with Crippen LogP contribution in [0, 0.1) is 21.6 Å². The molecule has 1 N–H and O–H groups in total. The van der Waals surface area contributed by atoms with E-state index in [-0.39, 0.29) is 5.69 Å². The number of nitrogens with one attached hydrogen (secondary N) is 1. The zero-order valence-electron chi connectivity index (χ0n) is 12.0. The van der Waals surface area contributed by atoms with Crippen molar-refractivity contribution >= 4 is 40.1 Å². The average Bonchev–Trinajstić information content (AvgIpc) is 2.55. The smallest absolute Gasteiger partial charge is 0.271 e. The minimum Gasteiger partial charge on any atom is -0.271 e. The van der Waals surface area contributed by atoms with Crippen molar-refractivity contribution in [2.24, 2.45) is 4.99 Å². The van der Waals surface area contributed by atoms with Crippen LogP contribution in [-0.2, 0) is 0 Å². The molecule has 0 radical (unpaired) electrons. The number of rotatable bonds is 4. The van der Waals surface area contributed by atoms with Gasteiger partial charge in [-0.25, -0.2) is 9.98 Å². The molecule has 0 saturated heterocycles. The SMILES string of the molecule is CSC(=Nc1cc(Sc2ccccn2)cc([N+](=O)[O-])c1)NC#N. The molecule has 0 aliphatic rings. The highest BCUT2D eigenvalue weighted by molar-refractivity contribution is 8.13. The van der Waals surface area contributed by atoms with Gasteiger partial charge in [-0.2, -0.15) is 5.26 Å². The van der Waals surface area contributed by atoms with Crippen molar-refractivity contribution < 1.29 is 4.92 Å². The molecule has 0 amide bonds. The number of thioether (sulfide) groups is 1. The van der Waals surface area contributed by atoms with E-state index < -0.39 is 4.92 Å². The highest BCUT2D eigenvalue weighted by Gasteiger charge is 2.11. The third kappa shape index (κ3) is 4.98. The van der Waals surface area contributed by atoms with Gasteiger partial charge in [0.2, 0.25) is 0 Å². The zero-order valence-corrected chi connectivity index (χ0v) is 13.6. The van der Waals surface area contributed by atoms with Crippen LogP contribution in [0.2, 0.25) is 0 Å². The van der Waals surface area contributed by atoms with Gasteiger partial charge in [0.25, 0.3) is 5.69 Å². The molecule has 0 aliphatic heterocycles. The molecule has 1 aromatic heterocycles. The third-order valence-corrected chi connectivity index (χ3v) is 4.04. The van der Waals surface area contributed by atoms with Crippen LogP contribution in [0.3, 0.4) is 0 Å². The first-order valence-corrected chi connectivity index (χ1v) is 8.32. The lowest BCUT2D eigenvalue weighted by Gasteiger charge is -2.04. The van der Waals surface area contributed by atoms with Crippen molar-refractivity contribution in [2.45, 2.75) is 9.92 Å². The molecule has 1 heterocycles. The quantitative estimate of drug-likeness (QED) is 0.225. The van der Waals surface area contributed by atoms with Crippen LogP contribution < -0.4 is 5.32 Å². The number of aliphatic imine (C=N–C) groups is 1. The molecule has 116 valence electrons. The molecule has 0 spiro atoms. The molecule has 0 atom stereocenters. The first-order valence-electron chi connectivity index (χ1n) is 6.28. The predicted octanol–water partition coefficient (Wildman–Crippen LogP) is 3.56. The molecule has 0 unspecified atom stereocenters. The van der Waals surface area contributed by atoms with Crippen molar-refractivity contribution in [2.75, 3.05) is 6.26 Å². The summed E-state index contributed by atoms with van der Waals surface area (Å²) in [4.78, 5) is 19.7. The molecule has 0 fully saturated rings.